The summed E-state index contributed by atoms with van der Waals surface area (Å²) in [5.74, 6) is 1.09. The summed E-state index contributed by atoms with van der Waals surface area (Å²) in [6.45, 7) is 0. The molecule has 1 aromatic rings. The summed E-state index contributed by atoms with van der Waals surface area (Å²) in [6, 6.07) is 1.81. The van der Waals surface area contributed by atoms with Crippen molar-refractivity contribution in [1.29, 1.82) is 0 Å². The van der Waals surface area contributed by atoms with Gasteiger partial charge in [0.25, 0.3) is 0 Å². The molecule has 1 heterocycles. The van der Waals surface area contributed by atoms with Gasteiger partial charge < -0.3 is 10.1 Å². The van der Waals surface area contributed by atoms with Crippen LogP contribution in [0.2, 0.25) is 0 Å². The minimum atomic E-state index is -0.507. The molecule has 2 atom stereocenters. The molecule has 0 radical (unpaired) electrons. The quantitative estimate of drug-likeness (QED) is 0.491. The van der Waals surface area contributed by atoms with E-state index in [1.165, 1.54) is 7.11 Å². The number of hydrogen-bond acceptors (Lipinski definition) is 6. The predicted molar refractivity (Wildman–Crippen MR) is 78.5 cm³/mol. The van der Waals surface area contributed by atoms with Crippen molar-refractivity contribution in [3.63, 3.8) is 0 Å². The molecular formula is C14H21N3O2S. The first-order valence-electron chi connectivity index (χ1n) is 6.90. The Labute approximate surface area is 123 Å². The molecule has 1 fully saturated rings. The van der Waals surface area contributed by atoms with Gasteiger partial charge in [0.2, 0.25) is 0 Å². The molecule has 0 aromatic carbocycles. The maximum Gasteiger partial charge on any atom is 0.326 e. The molecule has 1 N–H and O–H groups in total. The number of rotatable bonds is 6. The maximum absolute atomic E-state index is 12.1. The van der Waals surface area contributed by atoms with Crippen LogP contribution in [0.1, 0.15) is 25.7 Å². The van der Waals surface area contributed by atoms with E-state index >= 15 is 0 Å². The molecule has 2 rings (SSSR count). The summed E-state index contributed by atoms with van der Waals surface area (Å²) >= 11 is 1.64. The molecular weight excluding hydrogens is 274 g/mol. The number of nitrogens with one attached hydrogen (secondary N) is 1. The van der Waals surface area contributed by atoms with Crippen LogP contribution in [0.5, 0.6) is 0 Å². The van der Waals surface area contributed by atoms with Crippen LogP contribution in [0, 0.1) is 5.92 Å². The van der Waals surface area contributed by atoms with Gasteiger partial charge in [-0.3, -0.25) is 4.79 Å². The number of aromatic nitrogens is 2. The molecule has 0 amide bonds. The van der Waals surface area contributed by atoms with Crippen molar-refractivity contribution in [2.24, 2.45) is 5.92 Å². The van der Waals surface area contributed by atoms with Crippen LogP contribution in [0.15, 0.2) is 23.6 Å². The van der Waals surface area contributed by atoms with E-state index < -0.39 is 5.54 Å². The Kier molecular flexibility index (Phi) is 5.37. The predicted octanol–water partition coefficient (Wildman–Crippen LogP) is 1.89. The Morgan fingerprint density at radius 3 is 2.95 bits per heavy atom. The summed E-state index contributed by atoms with van der Waals surface area (Å²) in [5.41, 5.74) is -0.507. The van der Waals surface area contributed by atoms with Gasteiger partial charge in [-0.15, -0.1) is 0 Å². The molecule has 6 heteroatoms. The van der Waals surface area contributed by atoms with Gasteiger partial charge in [-0.25, -0.2) is 9.97 Å². The minimum absolute atomic E-state index is 0.136. The fraction of sp³-hybridized carbons (Fsp3) is 0.643. The third-order valence-corrected chi connectivity index (χ3v) is 4.96. The number of carbonyl (C=O) groups excluding carboxylic acids is 1. The molecule has 110 valence electrons. The van der Waals surface area contributed by atoms with Gasteiger partial charge in [0, 0.05) is 18.1 Å². The second-order valence-corrected chi connectivity index (χ2v) is 6.03. The molecule has 1 aliphatic carbocycles. The molecule has 0 spiro atoms. The zero-order valence-corrected chi connectivity index (χ0v) is 12.8. The van der Waals surface area contributed by atoms with Gasteiger partial charge in [0.1, 0.15) is 5.54 Å². The molecule has 0 aliphatic heterocycles. The Hall–Kier alpha value is -1.14. The smallest absolute Gasteiger partial charge is 0.326 e. The zero-order valence-electron chi connectivity index (χ0n) is 12.0. The van der Waals surface area contributed by atoms with Crippen molar-refractivity contribution in [2.75, 3.05) is 19.9 Å². The number of ether oxygens (including phenoxy) is 1. The average molecular weight is 295 g/mol. The second kappa shape index (κ2) is 7.04. The highest BCUT2D eigenvalue weighted by Crippen LogP contribution is 2.39. The molecule has 1 saturated carbocycles. The number of likely N-dealkylation sites (N-methyl/N-ethyl adjacent to an activating group) is 1. The van der Waals surface area contributed by atoms with E-state index in [0.717, 1.165) is 36.6 Å². The summed E-state index contributed by atoms with van der Waals surface area (Å²) in [5, 5.41) is 4.00. The van der Waals surface area contributed by atoms with Crippen molar-refractivity contribution in [3.05, 3.63) is 18.5 Å². The Bertz CT molecular complexity index is 443. The molecule has 1 aliphatic rings. The fourth-order valence-electron chi connectivity index (χ4n) is 3.00. The first kappa shape index (κ1) is 15.3. The monoisotopic (exact) mass is 295 g/mol. The van der Waals surface area contributed by atoms with E-state index in [4.69, 9.17) is 4.74 Å². The Balaban J connectivity index is 1.92. The topological polar surface area (TPSA) is 64.1 Å². The lowest BCUT2D eigenvalue weighted by Gasteiger charge is -2.32. The van der Waals surface area contributed by atoms with Gasteiger partial charge in [0.15, 0.2) is 5.16 Å². The number of thioether (sulfide) groups is 1. The number of esters is 1. The lowest BCUT2D eigenvalue weighted by atomic mass is 9.85. The zero-order chi connectivity index (χ0) is 14.4. The van der Waals surface area contributed by atoms with Gasteiger partial charge in [-0.05, 0) is 38.3 Å². The van der Waals surface area contributed by atoms with E-state index in [2.05, 4.69) is 15.3 Å². The van der Waals surface area contributed by atoms with Crippen LogP contribution < -0.4 is 5.32 Å². The first-order chi connectivity index (χ1) is 9.73. The fourth-order valence-corrected chi connectivity index (χ4v) is 3.86. The van der Waals surface area contributed by atoms with Crippen LogP contribution in [-0.2, 0) is 9.53 Å². The standard InChI is InChI=1S/C14H21N3O2S/c1-15-14(12(18)19-2)7-3-5-11(14)6-10-20-13-16-8-4-9-17-13/h4,8-9,11,15H,3,5-7,10H2,1-2H3. The lowest BCUT2D eigenvalue weighted by molar-refractivity contribution is -0.150. The molecule has 5 nitrogen and oxygen atoms in total. The SMILES string of the molecule is CNC1(C(=O)OC)CCCC1CCSc1ncccn1. The first-order valence-corrected chi connectivity index (χ1v) is 7.88. The number of methoxy groups -OCH3 is 1. The van der Waals surface area contributed by atoms with Crippen molar-refractivity contribution >= 4 is 17.7 Å². The normalized spacial score (nSPS) is 25.6. The van der Waals surface area contributed by atoms with Crippen molar-refractivity contribution in [2.45, 2.75) is 36.4 Å². The van der Waals surface area contributed by atoms with Gasteiger partial charge in [-0.1, -0.05) is 18.2 Å². The minimum Gasteiger partial charge on any atom is -0.468 e. The van der Waals surface area contributed by atoms with Gasteiger partial charge in [0.05, 0.1) is 7.11 Å². The highest BCUT2D eigenvalue weighted by atomic mass is 32.2. The van der Waals surface area contributed by atoms with E-state index in [1.807, 2.05) is 13.1 Å². The summed E-state index contributed by atoms with van der Waals surface area (Å²) in [7, 11) is 3.31. The Morgan fingerprint density at radius 1 is 1.55 bits per heavy atom. The second-order valence-electron chi connectivity index (χ2n) is 4.97. The number of hydrogen-bond donors (Lipinski definition) is 1. The van der Waals surface area contributed by atoms with Crippen LogP contribution in [0.4, 0.5) is 0 Å². The largest absolute Gasteiger partial charge is 0.468 e. The molecule has 1 aromatic heterocycles. The molecule has 0 saturated heterocycles. The van der Waals surface area contributed by atoms with E-state index in [0.29, 0.717) is 5.92 Å². The molecule has 2 unspecified atom stereocenters. The average Bonchev–Trinajstić information content (AvgIpc) is 2.91. The van der Waals surface area contributed by atoms with E-state index in [1.54, 1.807) is 24.2 Å². The molecule has 0 bridgehead atoms. The molecule has 20 heavy (non-hydrogen) atoms. The van der Waals surface area contributed by atoms with Gasteiger partial charge >= 0.3 is 5.97 Å². The van der Waals surface area contributed by atoms with Crippen LogP contribution >= 0.6 is 11.8 Å². The maximum atomic E-state index is 12.1. The van der Waals surface area contributed by atoms with E-state index in [9.17, 15) is 4.79 Å². The van der Waals surface area contributed by atoms with Crippen molar-refractivity contribution in [3.8, 4) is 0 Å². The Morgan fingerprint density at radius 2 is 2.30 bits per heavy atom. The third-order valence-electron chi connectivity index (χ3n) is 4.06. The third kappa shape index (κ3) is 3.12. The summed E-state index contributed by atoms with van der Waals surface area (Å²) < 4.78 is 4.99. The van der Waals surface area contributed by atoms with Crippen LogP contribution in [0.25, 0.3) is 0 Å². The number of nitrogens with zero attached hydrogens (tertiary/aromatic N) is 2. The van der Waals surface area contributed by atoms with E-state index in [-0.39, 0.29) is 5.97 Å². The van der Waals surface area contributed by atoms with Crippen LogP contribution in [-0.4, -0.2) is 41.4 Å². The number of carbonyl (C=O) groups is 1. The van der Waals surface area contributed by atoms with Gasteiger partial charge in [-0.2, -0.15) is 0 Å². The summed E-state index contributed by atoms with van der Waals surface area (Å²) in [4.78, 5) is 20.5. The van der Waals surface area contributed by atoms with Crippen molar-refractivity contribution in [1.82, 2.24) is 15.3 Å². The highest BCUT2D eigenvalue weighted by molar-refractivity contribution is 7.99. The lowest BCUT2D eigenvalue weighted by Crippen LogP contribution is -2.53. The summed E-state index contributed by atoms with van der Waals surface area (Å²) in [6.07, 6.45) is 7.43. The van der Waals surface area contributed by atoms with Crippen molar-refractivity contribution < 1.29 is 9.53 Å². The van der Waals surface area contributed by atoms with Crippen LogP contribution in [0.3, 0.4) is 0 Å². The highest BCUT2D eigenvalue weighted by Gasteiger charge is 2.48.